The van der Waals surface area contributed by atoms with E-state index in [9.17, 15) is 9.59 Å². The van der Waals surface area contributed by atoms with E-state index in [1.807, 2.05) is 66.7 Å². The number of carbonyl (C=O) groups excluding carboxylic acids is 2. The van der Waals surface area contributed by atoms with Gasteiger partial charge in [0, 0.05) is 22.3 Å². The lowest BCUT2D eigenvalue weighted by Gasteiger charge is -2.18. The van der Waals surface area contributed by atoms with Crippen molar-refractivity contribution in [1.29, 1.82) is 0 Å². The highest BCUT2D eigenvalue weighted by Gasteiger charge is 2.34. The molecule has 1 aliphatic rings. The van der Waals surface area contributed by atoms with Crippen molar-refractivity contribution in [2.75, 3.05) is 5.32 Å². The summed E-state index contributed by atoms with van der Waals surface area (Å²) in [5, 5.41) is 9.03. The normalized spacial score (nSPS) is 17.4. The predicted molar refractivity (Wildman–Crippen MR) is 144 cm³/mol. The van der Waals surface area contributed by atoms with E-state index in [1.54, 1.807) is 11.3 Å². The number of carbonyl (C=O) groups is 2. The van der Waals surface area contributed by atoms with Gasteiger partial charge in [0.25, 0.3) is 0 Å². The SMILES string of the molecule is NC1CC1c1ccc(NC(=O)C(CCc2csc3ccccc23)NC(=O)OCc2ccccc2)cc1. The maximum atomic E-state index is 13.2. The van der Waals surface area contributed by atoms with Crippen LogP contribution in [-0.2, 0) is 22.6 Å². The van der Waals surface area contributed by atoms with Gasteiger partial charge in [-0.15, -0.1) is 11.3 Å². The summed E-state index contributed by atoms with van der Waals surface area (Å²) in [7, 11) is 0. The molecule has 0 spiro atoms. The minimum atomic E-state index is -0.747. The number of amides is 2. The largest absolute Gasteiger partial charge is 0.445 e. The highest BCUT2D eigenvalue weighted by molar-refractivity contribution is 7.17. The van der Waals surface area contributed by atoms with Crippen LogP contribution in [0.2, 0.25) is 0 Å². The molecular weight excluding hydrogens is 470 g/mol. The molecule has 0 bridgehead atoms. The van der Waals surface area contributed by atoms with E-state index in [1.165, 1.54) is 15.6 Å². The molecule has 1 aromatic heterocycles. The van der Waals surface area contributed by atoms with Crippen LogP contribution in [0.25, 0.3) is 10.1 Å². The lowest BCUT2D eigenvalue weighted by molar-refractivity contribution is -0.118. The minimum Gasteiger partial charge on any atom is -0.445 e. The van der Waals surface area contributed by atoms with Gasteiger partial charge in [-0.25, -0.2) is 4.79 Å². The van der Waals surface area contributed by atoms with Crippen molar-refractivity contribution in [3.05, 3.63) is 101 Å². The van der Waals surface area contributed by atoms with Crippen molar-refractivity contribution in [3.8, 4) is 0 Å². The Labute approximate surface area is 214 Å². The van der Waals surface area contributed by atoms with Crippen molar-refractivity contribution >= 4 is 39.1 Å². The van der Waals surface area contributed by atoms with Gasteiger partial charge in [0.1, 0.15) is 12.6 Å². The van der Waals surface area contributed by atoms with Crippen molar-refractivity contribution in [2.24, 2.45) is 5.73 Å². The number of hydrogen-bond donors (Lipinski definition) is 3. The average molecular weight is 500 g/mol. The number of benzene rings is 3. The molecule has 4 N–H and O–H groups in total. The Hall–Kier alpha value is -3.68. The van der Waals surface area contributed by atoms with Crippen LogP contribution in [0.15, 0.2) is 84.2 Å². The number of nitrogens with one attached hydrogen (secondary N) is 2. The Bertz CT molecular complexity index is 1340. The van der Waals surface area contributed by atoms with Crippen LogP contribution in [-0.4, -0.2) is 24.1 Å². The Morgan fingerprint density at radius 1 is 1.00 bits per heavy atom. The second-order valence-corrected chi connectivity index (χ2v) is 10.1. The number of aryl methyl sites for hydroxylation is 1. The van der Waals surface area contributed by atoms with Crippen LogP contribution < -0.4 is 16.4 Å². The number of hydrogen-bond acceptors (Lipinski definition) is 5. The highest BCUT2D eigenvalue weighted by Crippen LogP contribution is 2.39. The number of alkyl carbamates (subject to hydrolysis) is 1. The lowest BCUT2D eigenvalue weighted by Crippen LogP contribution is -2.44. The first-order chi connectivity index (χ1) is 17.6. The van der Waals surface area contributed by atoms with E-state index in [0.29, 0.717) is 24.4 Å². The van der Waals surface area contributed by atoms with Crippen LogP contribution in [0.4, 0.5) is 10.5 Å². The molecule has 2 amide bonds. The smallest absolute Gasteiger partial charge is 0.408 e. The third-order valence-electron chi connectivity index (χ3n) is 6.53. The van der Waals surface area contributed by atoms with E-state index in [2.05, 4.69) is 28.1 Å². The summed E-state index contributed by atoms with van der Waals surface area (Å²) in [5.74, 6) is 0.131. The van der Waals surface area contributed by atoms with Gasteiger partial charge in [0.05, 0.1) is 0 Å². The molecule has 3 unspecified atom stereocenters. The van der Waals surface area contributed by atoms with Gasteiger partial charge in [0.2, 0.25) is 5.91 Å². The van der Waals surface area contributed by atoms with Crippen molar-refractivity contribution < 1.29 is 14.3 Å². The molecule has 1 saturated carbocycles. The van der Waals surface area contributed by atoms with E-state index in [4.69, 9.17) is 10.5 Å². The fraction of sp³-hybridized carbons (Fsp3) is 0.241. The van der Waals surface area contributed by atoms with Gasteiger partial charge in [-0.3, -0.25) is 4.79 Å². The molecule has 1 heterocycles. The Balaban J connectivity index is 1.25. The van der Waals surface area contributed by atoms with E-state index in [-0.39, 0.29) is 18.6 Å². The zero-order chi connectivity index (χ0) is 24.9. The van der Waals surface area contributed by atoms with Crippen LogP contribution in [0.5, 0.6) is 0 Å². The van der Waals surface area contributed by atoms with Crippen LogP contribution in [0.1, 0.15) is 35.4 Å². The van der Waals surface area contributed by atoms with Gasteiger partial charge in [-0.1, -0.05) is 60.7 Å². The molecule has 3 aromatic carbocycles. The molecule has 1 fully saturated rings. The monoisotopic (exact) mass is 499 g/mol. The van der Waals surface area contributed by atoms with Crippen molar-refractivity contribution in [1.82, 2.24) is 5.32 Å². The molecule has 6 nitrogen and oxygen atoms in total. The van der Waals surface area contributed by atoms with E-state index in [0.717, 1.165) is 17.5 Å². The fourth-order valence-corrected chi connectivity index (χ4v) is 5.34. The molecule has 1 aliphatic carbocycles. The predicted octanol–water partition coefficient (Wildman–Crippen LogP) is 5.58. The molecule has 4 aromatic rings. The number of anilines is 1. The van der Waals surface area contributed by atoms with Crippen LogP contribution in [0.3, 0.4) is 0 Å². The summed E-state index contributed by atoms with van der Waals surface area (Å²) in [6.07, 6.45) is 1.48. The summed E-state index contributed by atoms with van der Waals surface area (Å²) >= 11 is 1.68. The summed E-state index contributed by atoms with van der Waals surface area (Å²) in [5.41, 5.74) is 9.87. The number of nitrogens with two attached hydrogens (primary N) is 1. The molecule has 36 heavy (non-hydrogen) atoms. The molecule has 184 valence electrons. The van der Waals surface area contributed by atoms with Gasteiger partial charge >= 0.3 is 6.09 Å². The number of ether oxygens (including phenoxy) is 1. The molecule has 3 atom stereocenters. The molecular formula is C29H29N3O3S. The molecule has 7 heteroatoms. The van der Waals surface area contributed by atoms with Gasteiger partial charge < -0.3 is 21.1 Å². The number of fused-ring (bicyclic) bond motifs is 1. The average Bonchev–Trinajstić information content (AvgIpc) is 3.49. The topological polar surface area (TPSA) is 93.5 Å². The van der Waals surface area contributed by atoms with Gasteiger partial charge in [0.15, 0.2) is 0 Å². The quantitative estimate of drug-likeness (QED) is 0.280. The number of thiophene rings is 1. The third-order valence-corrected chi connectivity index (χ3v) is 7.54. The third kappa shape index (κ3) is 5.93. The minimum absolute atomic E-state index is 0.140. The fourth-order valence-electron chi connectivity index (χ4n) is 4.34. The Morgan fingerprint density at radius 3 is 2.47 bits per heavy atom. The standard InChI is InChI=1S/C29H29N3O3S/c30-25-16-24(25)20-10-13-22(14-11-20)31-28(33)26(32-29(34)35-17-19-6-2-1-3-7-19)15-12-21-18-36-27-9-5-4-8-23(21)27/h1-11,13-14,18,24-26H,12,15-17,30H2,(H,31,33)(H,32,34). The van der Waals surface area contributed by atoms with Crippen LogP contribution in [0, 0.1) is 0 Å². The van der Waals surface area contributed by atoms with Gasteiger partial charge in [-0.05, 0) is 64.9 Å². The first-order valence-electron chi connectivity index (χ1n) is 12.2. The summed E-state index contributed by atoms with van der Waals surface area (Å²) < 4.78 is 6.59. The van der Waals surface area contributed by atoms with E-state index >= 15 is 0 Å². The van der Waals surface area contributed by atoms with Gasteiger partial charge in [-0.2, -0.15) is 0 Å². The molecule has 0 aliphatic heterocycles. The summed E-state index contributed by atoms with van der Waals surface area (Å²) in [4.78, 5) is 25.8. The Morgan fingerprint density at radius 2 is 1.72 bits per heavy atom. The second-order valence-electron chi connectivity index (χ2n) is 9.17. The molecule has 0 saturated heterocycles. The second kappa shape index (κ2) is 10.9. The maximum Gasteiger partial charge on any atom is 0.408 e. The lowest BCUT2D eigenvalue weighted by atomic mass is 10.0. The summed E-state index contributed by atoms with van der Waals surface area (Å²) in [6, 6.07) is 24.9. The Kier molecular flexibility index (Phi) is 7.30. The highest BCUT2D eigenvalue weighted by atomic mass is 32.1. The zero-order valence-electron chi connectivity index (χ0n) is 19.9. The zero-order valence-corrected chi connectivity index (χ0v) is 20.7. The first-order valence-corrected chi connectivity index (χ1v) is 13.0. The maximum absolute atomic E-state index is 13.2. The van der Waals surface area contributed by atoms with E-state index < -0.39 is 12.1 Å². The molecule has 0 radical (unpaired) electrons. The first kappa shape index (κ1) is 24.0. The van der Waals surface area contributed by atoms with Crippen molar-refractivity contribution in [2.45, 2.75) is 43.9 Å². The van der Waals surface area contributed by atoms with Crippen LogP contribution >= 0.6 is 11.3 Å². The number of rotatable bonds is 9. The molecule has 5 rings (SSSR count). The summed E-state index contributed by atoms with van der Waals surface area (Å²) in [6.45, 7) is 0.140. The van der Waals surface area contributed by atoms with Crippen molar-refractivity contribution in [3.63, 3.8) is 0 Å².